The molecule has 0 saturated heterocycles. The van der Waals surface area contributed by atoms with Crippen molar-refractivity contribution in [2.75, 3.05) is 27.4 Å². The third-order valence-electron chi connectivity index (χ3n) is 6.44. The van der Waals surface area contributed by atoms with Crippen LogP contribution in [0.5, 0.6) is 11.5 Å². The minimum Gasteiger partial charge on any atom is -1.00 e. The van der Waals surface area contributed by atoms with Crippen molar-refractivity contribution in [2.24, 2.45) is 0 Å². The molecule has 0 aliphatic carbocycles. The van der Waals surface area contributed by atoms with Gasteiger partial charge in [-0.2, -0.15) is 9.13 Å². The molecular formula is C30H36Br2N2O6S2. The number of aromatic nitrogens is 2. The molecule has 0 aliphatic rings. The predicted molar refractivity (Wildman–Crippen MR) is 155 cm³/mol. The van der Waals surface area contributed by atoms with Crippen molar-refractivity contribution in [3.63, 3.8) is 0 Å². The van der Waals surface area contributed by atoms with Crippen LogP contribution in [-0.2, 0) is 25.9 Å². The number of hydrogen-bond acceptors (Lipinski definition) is 8. The van der Waals surface area contributed by atoms with E-state index in [-0.39, 0.29) is 58.7 Å². The topological polar surface area (TPSA) is 101 Å². The quantitative estimate of drug-likeness (QED) is 0.124. The van der Waals surface area contributed by atoms with E-state index < -0.39 is 0 Å². The molecular weight excluding hydrogens is 708 g/mol. The number of aliphatic hydroxyl groups excluding tert-OH is 2. The van der Waals surface area contributed by atoms with Gasteiger partial charge >= 0.3 is 0 Å². The van der Waals surface area contributed by atoms with E-state index in [4.69, 9.17) is 19.7 Å². The number of benzene rings is 2. The molecule has 4 aromatic rings. The number of carbonyl (C=O) groups excluding carboxylic acids is 2. The number of aliphatic hydroxyl groups is 2. The summed E-state index contributed by atoms with van der Waals surface area (Å²) >= 11 is 3.15. The molecule has 0 amide bonds. The van der Waals surface area contributed by atoms with Crippen LogP contribution in [0.3, 0.4) is 0 Å². The van der Waals surface area contributed by atoms with Crippen molar-refractivity contribution in [3.05, 3.63) is 91.8 Å². The first-order valence-corrected chi connectivity index (χ1v) is 14.6. The van der Waals surface area contributed by atoms with Gasteiger partial charge in [0.05, 0.1) is 24.0 Å². The molecule has 0 unspecified atom stereocenters. The summed E-state index contributed by atoms with van der Waals surface area (Å²) < 4.78 is 14.0. The molecule has 228 valence electrons. The van der Waals surface area contributed by atoms with Gasteiger partial charge in [-0.1, -0.05) is 22.7 Å². The van der Waals surface area contributed by atoms with Gasteiger partial charge in [-0.05, 0) is 48.5 Å². The molecule has 0 radical (unpaired) electrons. The average molecular weight is 745 g/mol. The molecule has 2 N–H and O–H groups in total. The summed E-state index contributed by atoms with van der Waals surface area (Å²) in [6.45, 7) is 4.85. The lowest BCUT2D eigenvalue weighted by Crippen LogP contribution is -3.00. The van der Waals surface area contributed by atoms with Crippen LogP contribution in [0.25, 0.3) is 0 Å². The maximum Gasteiger partial charge on any atom is 0.227 e. The van der Waals surface area contributed by atoms with Crippen molar-refractivity contribution in [3.8, 4) is 11.5 Å². The molecule has 0 saturated carbocycles. The monoisotopic (exact) mass is 742 g/mol. The van der Waals surface area contributed by atoms with E-state index in [0.29, 0.717) is 37.1 Å². The Hall–Kier alpha value is -2.48. The first kappa shape index (κ1) is 37.5. The van der Waals surface area contributed by atoms with E-state index in [1.54, 1.807) is 85.4 Å². The van der Waals surface area contributed by atoms with Crippen molar-refractivity contribution in [2.45, 2.75) is 39.8 Å². The smallest absolute Gasteiger partial charge is 0.227 e. The molecule has 42 heavy (non-hydrogen) atoms. The fourth-order valence-electron chi connectivity index (χ4n) is 3.94. The Balaban J connectivity index is 0.000000401. The SMILES string of the molecule is COc1ccc(C(=O)C[n+]2csc(CCO)c2C)cc1.COc1ccc(C(=O)C[n+]2csc(CCO)c2C)cc1.[Br-].[Br-]. The van der Waals surface area contributed by atoms with Crippen LogP contribution >= 0.6 is 22.7 Å². The number of nitrogens with zero attached hydrogens (tertiary/aromatic N) is 2. The second-order valence-corrected chi connectivity index (χ2v) is 10.8. The summed E-state index contributed by atoms with van der Waals surface area (Å²) in [7, 11) is 3.20. The van der Waals surface area contributed by atoms with Crippen LogP contribution in [0.2, 0.25) is 0 Å². The normalized spacial score (nSPS) is 10.0. The Kier molecular flexibility index (Phi) is 16.9. The maximum atomic E-state index is 12.2. The molecule has 4 rings (SSSR count). The number of Topliss-reactive ketones (excluding diaryl/α,β-unsaturated/α-hetero) is 2. The fraction of sp³-hybridized carbons (Fsp3) is 0.333. The van der Waals surface area contributed by atoms with Crippen molar-refractivity contribution >= 4 is 34.2 Å². The van der Waals surface area contributed by atoms with Crippen LogP contribution in [0.4, 0.5) is 0 Å². The zero-order chi connectivity index (χ0) is 29.1. The van der Waals surface area contributed by atoms with Gasteiger partial charge in [-0.15, -0.1) is 0 Å². The summed E-state index contributed by atoms with van der Waals surface area (Å²) in [6, 6.07) is 14.3. The summed E-state index contributed by atoms with van der Waals surface area (Å²) in [4.78, 5) is 26.7. The fourth-order valence-corrected chi connectivity index (χ4v) is 5.91. The molecule has 0 bridgehead atoms. The third-order valence-corrected chi connectivity index (χ3v) is 8.73. The summed E-state index contributed by atoms with van der Waals surface area (Å²) in [5, 5.41) is 18.0. The molecule has 2 aromatic heterocycles. The standard InChI is InChI=1S/2C15H18NO3S.2BrH/c2*1-11-15(7-8-17)20-10-16(11)9-14(18)12-3-5-13(19-2)6-4-12;;/h2*3-6,10,17H,7-9H2,1-2H3;2*1H/q2*+1;;/p-2. The first-order chi connectivity index (χ1) is 19.3. The highest BCUT2D eigenvalue weighted by Crippen LogP contribution is 2.15. The number of hydrogen-bond donors (Lipinski definition) is 2. The lowest BCUT2D eigenvalue weighted by molar-refractivity contribution is -0.684. The maximum absolute atomic E-state index is 12.2. The number of ketones is 2. The van der Waals surface area contributed by atoms with Crippen molar-refractivity contribution < 1.29 is 72.4 Å². The second kappa shape index (κ2) is 18.9. The van der Waals surface area contributed by atoms with Gasteiger partial charge in [0.15, 0.2) is 11.4 Å². The van der Waals surface area contributed by atoms with E-state index in [0.717, 1.165) is 32.6 Å². The van der Waals surface area contributed by atoms with E-state index >= 15 is 0 Å². The largest absolute Gasteiger partial charge is 1.00 e. The molecule has 8 nitrogen and oxygen atoms in total. The van der Waals surface area contributed by atoms with E-state index in [1.807, 2.05) is 34.0 Å². The number of methoxy groups -OCH3 is 2. The summed E-state index contributed by atoms with van der Waals surface area (Å²) in [6.07, 6.45) is 1.28. The molecule has 0 aliphatic heterocycles. The highest BCUT2D eigenvalue weighted by atomic mass is 79.9. The zero-order valence-corrected chi connectivity index (χ0v) is 28.8. The van der Waals surface area contributed by atoms with Crippen LogP contribution in [0, 0.1) is 13.8 Å². The minimum atomic E-state index is 0. The average Bonchev–Trinajstić information content (AvgIpc) is 3.50. The molecule has 12 heteroatoms. The molecule has 2 aromatic carbocycles. The Morgan fingerprint density at radius 2 is 1.00 bits per heavy atom. The van der Waals surface area contributed by atoms with Crippen LogP contribution in [-0.4, -0.2) is 49.2 Å². The van der Waals surface area contributed by atoms with Crippen molar-refractivity contribution in [1.82, 2.24) is 0 Å². The Bertz CT molecular complexity index is 1300. The first-order valence-electron chi connectivity index (χ1n) is 12.8. The Morgan fingerprint density at radius 3 is 1.29 bits per heavy atom. The minimum absolute atomic E-state index is 0. The van der Waals surface area contributed by atoms with Crippen molar-refractivity contribution in [1.29, 1.82) is 0 Å². The molecule has 0 fully saturated rings. The van der Waals surface area contributed by atoms with Gasteiger partial charge in [0, 0.05) is 51.0 Å². The number of halogens is 2. The third kappa shape index (κ3) is 10.4. The van der Waals surface area contributed by atoms with Crippen LogP contribution < -0.4 is 52.6 Å². The molecule has 0 spiro atoms. The van der Waals surface area contributed by atoms with E-state index in [1.165, 1.54) is 0 Å². The van der Waals surface area contributed by atoms with E-state index in [9.17, 15) is 9.59 Å². The Morgan fingerprint density at radius 1 is 0.667 bits per heavy atom. The van der Waals surface area contributed by atoms with Gasteiger partial charge in [0.25, 0.3) is 0 Å². The zero-order valence-electron chi connectivity index (χ0n) is 24.0. The van der Waals surface area contributed by atoms with Gasteiger partial charge < -0.3 is 53.6 Å². The van der Waals surface area contributed by atoms with Gasteiger partial charge in [0.2, 0.25) is 35.7 Å². The number of carbonyl (C=O) groups is 2. The van der Waals surface area contributed by atoms with Crippen LogP contribution in [0.1, 0.15) is 41.9 Å². The highest BCUT2D eigenvalue weighted by molar-refractivity contribution is 7.09. The van der Waals surface area contributed by atoms with Crippen LogP contribution in [0.15, 0.2) is 59.6 Å². The van der Waals surface area contributed by atoms with Gasteiger partial charge in [-0.3, -0.25) is 9.59 Å². The highest BCUT2D eigenvalue weighted by Gasteiger charge is 2.20. The lowest BCUT2D eigenvalue weighted by Gasteiger charge is -2.01. The van der Waals surface area contributed by atoms with Gasteiger partial charge in [0.1, 0.15) is 11.5 Å². The second-order valence-electron chi connectivity index (χ2n) is 8.97. The van der Waals surface area contributed by atoms with E-state index in [2.05, 4.69) is 0 Å². The summed E-state index contributed by atoms with van der Waals surface area (Å²) in [5.41, 5.74) is 7.31. The summed E-state index contributed by atoms with van der Waals surface area (Å²) in [5.74, 6) is 1.61. The number of thiazole rings is 2. The lowest BCUT2D eigenvalue weighted by atomic mass is 10.1. The molecule has 2 heterocycles. The van der Waals surface area contributed by atoms with Gasteiger partial charge in [-0.25, -0.2) is 0 Å². The number of rotatable bonds is 12. The number of ether oxygens (including phenoxy) is 2. The predicted octanol–water partition coefficient (Wildman–Crippen LogP) is -2.45. The Labute approximate surface area is 275 Å². The molecule has 0 atom stereocenters.